The second-order valence-electron chi connectivity index (χ2n) is 8.13. The number of fused-ring (bicyclic) bond motifs is 2. The van der Waals surface area contributed by atoms with Crippen molar-refractivity contribution in [1.82, 2.24) is 0 Å². The Morgan fingerprint density at radius 1 is 1.00 bits per heavy atom. The Morgan fingerprint density at radius 3 is 2.60 bits per heavy atom. The van der Waals surface area contributed by atoms with Gasteiger partial charge in [0.2, 0.25) is 0 Å². The smallest absolute Gasteiger partial charge is 0.167 e. The summed E-state index contributed by atoms with van der Waals surface area (Å²) in [7, 11) is 0. The van der Waals surface area contributed by atoms with Gasteiger partial charge in [-0.3, -0.25) is 4.79 Å². The SMILES string of the molecule is Cc1ccc(COc2ccc(/C=C3/CCC4=C5C=CC=CC5C(=O)C=C43)cc2)cc1. The van der Waals surface area contributed by atoms with Crippen LogP contribution in [-0.4, -0.2) is 5.78 Å². The fourth-order valence-corrected chi connectivity index (χ4v) is 4.38. The molecule has 0 spiro atoms. The van der Waals surface area contributed by atoms with Crippen molar-refractivity contribution in [1.29, 1.82) is 0 Å². The van der Waals surface area contributed by atoms with Crippen LogP contribution in [0.1, 0.15) is 29.5 Å². The molecule has 2 aromatic carbocycles. The molecular formula is C28H24O2. The highest BCUT2D eigenvalue weighted by Gasteiger charge is 2.32. The number of aryl methyl sites for hydroxylation is 1. The molecule has 0 heterocycles. The van der Waals surface area contributed by atoms with Gasteiger partial charge < -0.3 is 4.74 Å². The lowest BCUT2D eigenvalue weighted by atomic mass is 9.80. The lowest BCUT2D eigenvalue weighted by Gasteiger charge is -2.22. The molecular weight excluding hydrogens is 368 g/mol. The van der Waals surface area contributed by atoms with Gasteiger partial charge in [0.1, 0.15) is 12.4 Å². The zero-order chi connectivity index (χ0) is 20.5. The third-order valence-electron chi connectivity index (χ3n) is 6.03. The fourth-order valence-electron chi connectivity index (χ4n) is 4.38. The molecule has 148 valence electrons. The summed E-state index contributed by atoms with van der Waals surface area (Å²) in [5.74, 6) is 0.969. The van der Waals surface area contributed by atoms with Crippen LogP contribution in [0.5, 0.6) is 5.75 Å². The second-order valence-corrected chi connectivity index (χ2v) is 8.13. The van der Waals surface area contributed by atoms with E-state index in [1.54, 1.807) is 0 Å². The zero-order valence-electron chi connectivity index (χ0n) is 17.1. The van der Waals surface area contributed by atoms with Crippen molar-refractivity contribution >= 4 is 11.9 Å². The summed E-state index contributed by atoms with van der Waals surface area (Å²) >= 11 is 0. The van der Waals surface area contributed by atoms with E-state index >= 15 is 0 Å². The van der Waals surface area contributed by atoms with Gasteiger partial charge >= 0.3 is 0 Å². The number of carbonyl (C=O) groups excluding carboxylic acids is 1. The first-order chi connectivity index (χ1) is 14.7. The normalized spacial score (nSPS) is 21.0. The molecule has 0 amide bonds. The van der Waals surface area contributed by atoms with E-state index < -0.39 is 0 Å². The molecule has 30 heavy (non-hydrogen) atoms. The molecule has 2 nitrogen and oxygen atoms in total. The summed E-state index contributed by atoms with van der Waals surface area (Å²) in [6.07, 6.45) is 14.2. The average molecular weight is 392 g/mol. The van der Waals surface area contributed by atoms with Crippen LogP contribution < -0.4 is 4.74 Å². The van der Waals surface area contributed by atoms with Crippen LogP contribution in [0.4, 0.5) is 0 Å². The third-order valence-corrected chi connectivity index (χ3v) is 6.03. The Labute approximate surface area is 177 Å². The van der Waals surface area contributed by atoms with E-state index in [4.69, 9.17) is 4.74 Å². The predicted molar refractivity (Wildman–Crippen MR) is 121 cm³/mol. The number of benzene rings is 2. The van der Waals surface area contributed by atoms with Crippen LogP contribution in [0.3, 0.4) is 0 Å². The predicted octanol–water partition coefficient (Wildman–Crippen LogP) is 6.30. The van der Waals surface area contributed by atoms with Gasteiger partial charge in [-0.2, -0.15) is 0 Å². The molecule has 2 heteroatoms. The van der Waals surface area contributed by atoms with E-state index in [1.165, 1.54) is 22.3 Å². The van der Waals surface area contributed by atoms with Crippen molar-refractivity contribution in [3.63, 3.8) is 0 Å². The van der Waals surface area contributed by atoms with Crippen molar-refractivity contribution in [3.05, 3.63) is 118 Å². The number of hydrogen-bond donors (Lipinski definition) is 0. The van der Waals surface area contributed by atoms with Crippen LogP contribution in [0.2, 0.25) is 0 Å². The molecule has 0 radical (unpaired) electrons. The highest BCUT2D eigenvalue weighted by atomic mass is 16.5. The van der Waals surface area contributed by atoms with Crippen molar-refractivity contribution in [3.8, 4) is 5.75 Å². The maximum absolute atomic E-state index is 12.6. The van der Waals surface area contributed by atoms with Gasteiger partial charge in [0, 0.05) is 0 Å². The molecule has 0 aromatic heterocycles. The summed E-state index contributed by atoms with van der Waals surface area (Å²) in [4.78, 5) is 12.6. The summed E-state index contributed by atoms with van der Waals surface area (Å²) in [5, 5.41) is 0. The maximum atomic E-state index is 12.6. The van der Waals surface area contributed by atoms with E-state index in [1.807, 2.05) is 36.4 Å². The van der Waals surface area contributed by atoms with Gasteiger partial charge in [-0.05, 0) is 71.4 Å². The van der Waals surface area contributed by atoms with Gasteiger partial charge in [-0.15, -0.1) is 0 Å². The average Bonchev–Trinajstić information content (AvgIpc) is 3.17. The van der Waals surface area contributed by atoms with Crippen LogP contribution in [0.25, 0.3) is 6.08 Å². The lowest BCUT2D eigenvalue weighted by Crippen LogP contribution is -2.19. The number of carbonyl (C=O) groups is 1. The van der Waals surface area contributed by atoms with Crippen molar-refractivity contribution in [2.24, 2.45) is 5.92 Å². The second kappa shape index (κ2) is 7.79. The summed E-state index contributed by atoms with van der Waals surface area (Å²) in [6, 6.07) is 16.6. The van der Waals surface area contributed by atoms with Gasteiger partial charge in [-0.1, -0.05) is 72.3 Å². The number of hydrogen-bond acceptors (Lipinski definition) is 2. The molecule has 3 aliphatic rings. The Kier molecular flexibility index (Phi) is 4.84. The number of ether oxygens (including phenoxy) is 1. The van der Waals surface area contributed by atoms with Gasteiger partial charge in [0.25, 0.3) is 0 Å². The molecule has 1 atom stereocenters. The molecule has 1 saturated carbocycles. The topological polar surface area (TPSA) is 26.3 Å². The highest BCUT2D eigenvalue weighted by Crippen LogP contribution is 2.44. The number of ketones is 1. The van der Waals surface area contributed by atoms with Gasteiger partial charge in [-0.25, -0.2) is 0 Å². The zero-order valence-corrected chi connectivity index (χ0v) is 17.1. The molecule has 1 fully saturated rings. The van der Waals surface area contributed by atoms with Crippen LogP contribution in [-0.2, 0) is 11.4 Å². The molecule has 0 N–H and O–H groups in total. The van der Waals surface area contributed by atoms with Crippen LogP contribution in [0.15, 0.2) is 101 Å². The van der Waals surface area contributed by atoms with Crippen LogP contribution >= 0.6 is 0 Å². The summed E-state index contributed by atoms with van der Waals surface area (Å²) < 4.78 is 5.92. The van der Waals surface area contributed by atoms with Crippen molar-refractivity contribution < 1.29 is 9.53 Å². The van der Waals surface area contributed by atoms with Gasteiger partial charge in [0.15, 0.2) is 5.78 Å². The maximum Gasteiger partial charge on any atom is 0.167 e. The number of allylic oxidation sites excluding steroid dienone is 9. The Morgan fingerprint density at radius 2 is 1.80 bits per heavy atom. The Hall–Kier alpha value is -3.39. The van der Waals surface area contributed by atoms with Gasteiger partial charge in [0.05, 0.1) is 5.92 Å². The summed E-state index contributed by atoms with van der Waals surface area (Å²) in [6.45, 7) is 2.65. The monoisotopic (exact) mass is 392 g/mol. The minimum Gasteiger partial charge on any atom is -0.489 e. The Balaban J connectivity index is 1.32. The minimum absolute atomic E-state index is 0.0851. The molecule has 0 saturated heterocycles. The van der Waals surface area contributed by atoms with Crippen LogP contribution in [0, 0.1) is 12.8 Å². The van der Waals surface area contributed by atoms with Crippen molar-refractivity contribution in [2.45, 2.75) is 26.4 Å². The first kappa shape index (κ1) is 18.6. The first-order valence-corrected chi connectivity index (χ1v) is 10.5. The molecule has 0 aliphatic heterocycles. The quantitative estimate of drug-likeness (QED) is 0.610. The number of rotatable bonds is 4. The molecule has 0 bridgehead atoms. The highest BCUT2D eigenvalue weighted by molar-refractivity contribution is 6.01. The van der Waals surface area contributed by atoms with E-state index in [2.05, 4.69) is 55.5 Å². The largest absolute Gasteiger partial charge is 0.489 e. The minimum atomic E-state index is -0.0851. The van der Waals surface area contributed by atoms with E-state index in [-0.39, 0.29) is 11.7 Å². The van der Waals surface area contributed by atoms with E-state index in [9.17, 15) is 4.79 Å². The lowest BCUT2D eigenvalue weighted by molar-refractivity contribution is -0.116. The molecule has 5 rings (SSSR count). The molecule has 3 aliphatic carbocycles. The summed E-state index contributed by atoms with van der Waals surface area (Å²) in [5.41, 5.74) is 8.45. The fraction of sp³-hybridized carbons (Fsp3) is 0.179. The van der Waals surface area contributed by atoms with Crippen molar-refractivity contribution in [2.75, 3.05) is 0 Å². The Bertz CT molecular complexity index is 1140. The molecule has 2 aromatic rings. The van der Waals surface area contributed by atoms with E-state index in [0.29, 0.717) is 6.61 Å². The molecule has 1 unspecified atom stereocenters. The third kappa shape index (κ3) is 3.61. The standard InChI is InChI=1S/C28H24O2/c1-19-6-8-21(9-7-19)18-30-23-13-10-20(11-14-23)16-22-12-15-25-24-4-2-3-5-26(24)28(29)17-27(22)25/h2-11,13-14,16-17,26H,12,15,18H2,1H3/b22-16-. The van der Waals surface area contributed by atoms with E-state index in [0.717, 1.165) is 35.3 Å². The first-order valence-electron chi connectivity index (χ1n) is 10.5.